The second kappa shape index (κ2) is 5.84. The predicted molar refractivity (Wildman–Crippen MR) is 86.1 cm³/mol. The quantitative estimate of drug-likeness (QED) is 0.749. The maximum Gasteiger partial charge on any atom is 0.417 e. The van der Waals surface area contributed by atoms with Gasteiger partial charge in [0, 0.05) is 6.26 Å². The van der Waals surface area contributed by atoms with Crippen LogP contribution in [-0.4, -0.2) is 35.3 Å². The van der Waals surface area contributed by atoms with Crippen LogP contribution in [0.5, 0.6) is 0 Å². The van der Waals surface area contributed by atoms with Gasteiger partial charge in [-0.3, -0.25) is 4.57 Å². The molecular weight excluding hydrogens is 373 g/mol. The number of carboxylic acids is 1. The van der Waals surface area contributed by atoms with Crippen molar-refractivity contribution in [3.63, 3.8) is 0 Å². The highest BCUT2D eigenvalue weighted by atomic mass is 32.2. The fraction of sp³-hybridized carbons (Fsp3) is 0.125. The van der Waals surface area contributed by atoms with E-state index in [9.17, 15) is 26.4 Å². The second-order valence-electron chi connectivity index (χ2n) is 5.54. The van der Waals surface area contributed by atoms with E-state index in [1.54, 1.807) is 24.3 Å². The molecule has 1 aromatic heterocycles. The number of imidazole rings is 1. The number of aromatic nitrogens is 2. The largest absolute Gasteiger partial charge is 0.478 e. The van der Waals surface area contributed by atoms with Gasteiger partial charge in [-0.1, -0.05) is 12.1 Å². The molecule has 3 rings (SSSR count). The smallest absolute Gasteiger partial charge is 0.417 e. The number of carbonyl (C=O) groups is 1. The third kappa shape index (κ3) is 3.03. The van der Waals surface area contributed by atoms with Crippen LogP contribution in [0.2, 0.25) is 0 Å². The van der Waals surface area contributed by atoms with Crippen LogP contribution in [0.1, 0.15) is 15.9 Å². The zero-order valence-electron chi connectivity index (χ0n) is 13.1. The lowest BCUT2D eigenvalue weighted by Gasteiger charge is -2.16. The SMILES string of the molecule is CS(=O)(=O)c1cc(C(=O)O)c(C(F)(F)F)cc1-n1cnc2ccccc21. The Bertz CT molecular complexity index is 1130. The number of alkyl halides is 3. The lowest BCUT2D eigenvalue weighted by atomic mass is 10.1. The predicted octanol–water partition coefficient (Wildman–Crippen LogP) is 3.15. The molecule has 26 heavy (non-hydrogen) atoms. The minimum atomic E-state index is -4.98. The highest BCUT2D eigenvalue weighted by Gasteiger charge is 2.37. The molecule has 0 aliphatic carbocycles. The molecule has 0 radical (unpaired) electrons. The first-order chi connectivity index (χ1) is 12.0. The molecule has 0 unspecified atom stereocenters. The van der Waals surface area contributed by atoms with Crippen molar-refractivity contribution in [2.45, 2.75) is 11.1 Å². The summed E-state index contributed by atoms with van der Waals surface area (Å²) in [6.45, 7) is 0. The molecule has 0 bridgehead atoms. The number of para-hydroxylation sites is 2. The van der Waals surface area contributed by atoms with Crippen LogP contribution in [0.25, 0.3) is 16.7 Å². The van der Waals surface area contributed by atoms with Crippen LogP contribution in [-0.2, 0) is 16.0 Å². The van der Waals surface area contributed by atoms with E-state index in [0.29, 0.717) is 23.2 Å². The summed E-state index contributed by atoms with van der Waals surface area (Å²) in [6, 6.07) is 7.52. The van der Waals surface area contributed by atoms with E-state index in [4.69, 9.17) is 5.11 Å². The maximum absolute atomic E-state index is 13.3. The molecule has 0 saturated heterocycles. The summed E-state index contributed by atoms with van der Waals surface area (Å²) in [4.78, 5) is 14.7. The van der Waals surface area contributed by atoms with Crippen LogP contribution in [0, 0.1) is 0 Å². The number of aromatic carboxylic acids is 1. The standard InChI is InChI=1S/C16H11F3N2O4S/c1-26(24,25)14-6-9(15(22)23)10(16(17,18)19)7-13(14)21-8-20-11-4-2-3-5-12(11)21/h2-8H,1H3,(H,22,23). The van der Waals surface area contributed by atoms with E-state index >= 15 is 0 Å². The minimum absolute atomic E-state index is 0.321. The number of fused-ring (bicyclic) bond motifs is 1. The van der Waals surface area contributed by atoms with E-state index in [0.717, 1.165) is 6.26 Å². The number of halogens is 3. The third-order valence-electron chi connectivity index (χ3n) is 3.75. The van der Waals surface area contributed by atoms with Gasteiger partial charge in [0.05, 0.1) is 32.7 Å². The van der Waals surface area contributed by atoms with Gasteiger partial charge in [-0.2, -0.15) is 13.2 Å². The van der Waals surface area contributed by atoms with Crippen molar-refractivity contribution in [3.8, 4) is 5.69 Å². The Morgan fingerprint density at radius 2 is 1.85 bits per heavy atom. The third-order valence-corrected chi connectivity index (χ3v) is 4.87. The minimum Gasteiger partial charge on any atom is -0.478 e. The Kier molecular flexibility index (Phi) is 4.02. The van der Waals surface area contributed by atoms with Crippen LogP contribution >= 0.6 is 0 Å². The molecule has 1 N–H and O–H groups in total. The van der Waals surface area contributed by atoms with Crippen molar-refractivity contribution in [2.24, 2.45) is 0 Å². The van der Waals surface area contributed by atoms with Crippen molar-refractivity contribution >= 4 is 26.8 Å². The molecule has 136 valence electrons. The molecule has 0 amide bonds. The molecule has 0 fully saturated rings. The van der Waals surface area contributed by atoms with Crippen LogP contribution in [0.3, 0.4) is 0 Å². The van der Waals surface area contributed by atoms with E-state index in [1.165, 1.54) is 10.9 Å². The zero-order chi connectivity index (χ0) is 19.3. The normalized spacial score (nSPS) is 12.5. The highest BCUT2D eigenvalue weighted by molar-refractivity contribution is 7.90. The summed E-state index contributed by atoms with van der Waals surface area (Å²) in [5, 5.41) is 9.10. The monoisotopic (exact) mass is 384 g/mol. The van der Waals surface area contributed by atoms with Crippen molar-refractivity contribution in [2.75, 3.05) is 6.26 Å². The lowest BCUT2D eigenvalue weighted by molar-refractivity contribution is -0.138. The molecular formula is C16H11F3N2O4S. The molecule has 0 aliphatic heterocycles. The van der Waals surface area contributed by atoms with Gasteiger partial charge in [0.15, 0.2) is 9.84 Å². The Morgan fingerprint density at radius 1 is 1.19 bits per heavy atom. The number of carboxylic acid groups (broad SMARTS) is 1. The maximum atomic E-state index is 13.3. The van der Waals surface area contributed by atoms with Gasteiger partial charge in [0.2, 0.25) is 0 Å². The molecule has 0 spiro atoms. The van der Waals surface area contributed by atoms with Crippen LogP contribution < -0.4 is 0 Å². The van der Waals surface area contributed by atoms with Crippen molar-refractivity contribution in [1.29, 1.82) is 0 Å². The van der Waals surface area contributed by atoms with Gasteiger partial charge in [-0.25, -0.2) is 18.2 Å². The van der Waals surface area contributed by atoms with E-state index in [2.05, 4.69) is 4.98 Å². The average molecular weight is 384 g/mol. The fourth-order valence-electron chi connectivity index (χ4n) is 2.62. The Morgan fingerprint density at radius 3 is 2.42 bits per heavy atom. The zero-order valence-corrected chi connectivity index (χ0v) is 14.0. The first-order valence-electron chi connectivity index (χ1n) is 7.11. The lowest BCUT2D eigenvalue weighted by Crippen LogP contribution is -2.16. The molecule has 2 aromatic carbocycles. The summed E-state index contributed by atoms with van der Waals surface area (Å²) in [5.74, 6) is -1.87. The molecule has 6 nitrogen and oxygen atoms in total. The number of rotatable bonds is 3. The van der Waals surface area contributed by atoms with E-state index in [-0.39, 0.29) is 5.69 Å². The number of sulfone groups is 1. The molecule has 0 aliphatic rings. The van der Waals surface area contributed by atoms with E-state index in [1.807, 2.05) is 0 Å². The topological polar surface area (TPSA) is 89.3 Å². The highest BCUT2D eigenvalue weighted by Crippen LogP contribution is 2.37. The Labute approximate surface area is 145 Å². The van der Waals surface area contributed by atoms with Crippen molar-refractivity contribution in [3.05, 3.63) is 53.9 Å². The molecule has 10 heteroatoms. The first kappa shape index (κ1) is 17.9. The Balaban J connectivity index is 2.46. The molecule has 0 saturated carbocycles. The number of hydrogen-bond acceptors (Lipinski definition) is 4. The number of benzene rings is 2. The number of nitrogens with zero attached hydrogens (tertiary/aromatic N) is 2. The van der Waals surface area contributed by atoms with Crippen LogP contribution in [0.15, 0.2) is 47.6 Å². The summed E-state index contributed by atoms with van der Waals surface area (Å²) < 4.78 is 65.4. The molecule has 1 heterocycles. The summed E-state index contributed by atoms with van der Waals surface area (Å²) in [6.07, 6.45) is -2.99. The molecule has 3 aromatic rings. The second-order valence-corrected chi connectivity index (χ2v) is 7.53. The van der Waals surface area contributed by atoms with Gasteiger partial charge in [-0.05, 0) is 24.3 Å². The van der Waals surface area contributed by atoms with Crippen molar-refractivity contribution < 1.29 is 31.5 Å². The number of hydrogen-bond donors (Lipinski definition) is 1. The summed E-state index contributed by atoms with van der Waals surface area (Å²) >= 11 is 0. The van der Waals surface area contributed by atoms with Gasteiger partial charge in [-0.15, -0.1) is 0 Å². The van der Waals surface area contributed by atoms with Gasteiger partial charge >= 0.3 is 12.1 Å². The summed E-state index contributed by atoms with van der Waals surface area (Å²) in [5.41, 5.74) is -2.06. The van der Waals surface area contributed by atoms with E-state index < -0.39 is 38.0 Å². The van der Waals surface area contributed by atoms with Gasteiger partial charge in [0.25, 0.3) is 0 Å². The molecule has 0 atom stereocenters. The van der Waals surface area contributed by atoms with Crippen molar-refractivity contribution in [1.82, 2.24) is 9.55 Å². The van der Waals surface area contributed by atoms with Gasteiger partial charge in [0.1, 0.15) is 6.33 Å². The summed E-state index contributed by atoms with van der Waals surface area (Å²) in [7, 11) is -4.03. The Hall–Kier alpha value is -2.88. The first-order valence-corrected chi connectivity index (χ1v) is 9.00. The van der Waals surface area contributed by atoms with Crippen LogP contribution in [0.4, 0.5) is 13.2 Å². The van der Waals surface area contributed by atoms with Gasteiger partial charge < -0.3 is 5.11 Å². The fourth-order valence-corrected chi connectivity index (χ4v) is 3.49. The average Bonchev–Trinajstić information content (AvgIpc) is 2.95.